The molecule has 0 aliphatic carbocycles. The van der Waals surface area contributed by atoms with Crippen molar-refractivity contribution in [2.45, 2.75) is 11.4 Å². The van der Waals surface area contributed by atoms with Crippen molar-refractivity contribution in [3.63, 3.8) is 0 Å². The van der Waals surface area contributed by atoms with Crippen molar-refractivity contribution >= 4 is 52.2 Å². The molecule has 0 bridgehead atoms. The molecule has 0 N–H and O–H groups in total. The molecule has 2 aliphatic heterocycles. The van der Waals surface area contributed by atoms with Gasteiger partial charge in [-0.3, -0.25) is 9.59 Å². The van der Waals surface area contributed by atoms with Gasteiger partial charge in [0.05, 0.1) is 28.7 Å². The first-order valence-corrected chi connectivity index (χ1v) is 11.9. The molecule has 0 radical (unpaired) electrons. The van der Waals surface area contributed by atoms with E-state index in [1.807, 2.05) is 29.6 Å². The lowest BCUT2D eigenvalue weighted by molar-refractivity contribution is -0.123. The fraction of sp³-hybridized carbons (Fsp3) is 0.174. The highest BCUT2D eigenvalue weighted by molar-refractivity contribution is 8.01. The van der Waals surface area contributed by atoms with Crippen LogP contribution in [0.25, 0.3) is 0 Å². The van der Waals surface area contributed by atoms with E-state index in [0.29, 0.717) is 34.3 Å². The van der Waals surface area contributed by atoms with Gasteiger partial charge in [0, 0.05) is 22.9 Å². The summed E-state index contributed by atoms with van der Waals surface area (Å²) in [5, 5.41) is 11.6. The summed E-state index contributed by atoms with van der Waals surface area (Å²) in [6.45, 7) is 0.795. The van der Waals surface area contributed by atoms with Crippen molar-refractivity contribution in [1.82, 2.24) is 4.90 Å². The first-order valence-electron chi connectivity index (χ1n) is 9.65. The van der Waals surface area contributed by atoms with Gasteiger partial charge in [0.2, 0.25) is 0 Å². The molecule has 5 rings (SSSR count). The second-order valence-corrected chi connectivity index (χ2v) is 9.96. The molecule has 0 unspecified atom stereocenters. The third-order valence-electron chi connectivity index (χ3n) is 5.53. The van der Waals surface area contributed by atoms with Gasteiger partial charge in [-0.05, 0) is 47.3 Å². The molecular formula is C23H16ClN3O2S2. The molecule has 1 atom stereocenters. The molecule has 8 heteroatoms. The third-order valence-corrected chi connectivity index (χ3v) is 8.04. The molecule has 31 heavy (non-hydrogen) atoms. The number of hydrogen-bond acceptors (Lipinski definition) is 5. The highest BCUT2D eigenvalue weighted by atomic mass is 35.5. The Labute approximate surface area is 192 Å². The summed E-state index contributed by atoms with van der Waals surface area (Å²) in [5.41, 5.74) is 2.88. The predicted molar refractivity (Wildman–Crippen MR) is 123 cm³/mol. The topological polar surface area (TPSA) is 64.4 Å². The highest BCUT2D eigenvalue weighted by Crippen LogP contribution is 2.55. The van der Waals surface area contributed by atoms with Crippen LogP contribution in [0.15, 0.2) is 60.0 Å². The second-order valence-electron chi connectivity index (χ2n) is 7.29. The van der Waals surface area contributed by atoms with Gasteiger partial charge >= 0.3 is 0 Å². The van der Waals surface area contributed by atoms with E-state index in [0.717, 1.165) is 16.8 Å². The van der Waals surface area contributed by atoms with E-state index in [-0.39, 0.29) is 11.8 Å². The molecule has 1 fully saturated rings. The zero-order valence-electron chi connectivity index (χ0n) is 16.2. The zero-order chi connectivity index (χ0) is 21.6. The highest BCUT2D eigenvalue weighted by Gasteiger charge is 2.59. The molecule has 5 nitrogen and oxygen atoms in total. The quantitative estimate of drug-likeness (QED) is 0.554. The minimum atomic E-state index is -1.13. The van der Waals surface area contributed by atoms with Crippen molar-refractivity contribution in [3.8, 4) is 6.07 Å². The molecule has 2 aliphatic rings. The number of hydrogen-bond donors (Lipinski definition) is 0. The lowest BCUT2D eigenvalue weighted by atomic mass is 10.1. The Morgan fingerprint density at radius 2 is 2.06 bits per heavy atom. The standard InChI is InChI=1S/C23H16ClN3O2S2/c24-17-6-7-19-18(12-17)23(27(8-10-31-23)21(28)20-5-2-9-30-20)22(29)26(19)14-16-4-1-3-15(11-16)13-25/h1-7,9,11-12H,8,10,14H2/t23-/m1/s1. The number of amides is 2. The van der Waals surface area contributed by atoms with Crippen molar-refractivity contribution in [3.05, 3.63) is 86.6 Å². The summed E-state index contributed by atoms with van der Waals surface area (Å²) < 4.78 is 0. The van der Waals surface area contributed by atoms with Gasteiger partial charge < -0.3 is 9.80 Å². The van der Waals surface area contributed by atoms with Crippen LogP contribution in [0.4, 0.5) is 5.69 Å². The van der Waals surface area contributed by atoms with Crippen LogP contribution in [-0.2, 0) is 16.2 Å². The fourth-order valence-corrected chi connectivity index (χ4v) is 6.50. The summed E-state index contributed by atoms with van der Waals surface area (Å²) in [7, 11) is 0. The summed E-state index contributed by atoms with van der Waals surface area (Å²) in [6.07, 6.45) is 0. The Morgan fingerprint density at radius 1 is 1.19 bits per heavy atom. The third kappa shape index (κ3) is 3.14. The van der Waals surface area contributed by atoms with Crippen LogP contribution in [-0.4, -0.2) is 29.0 Å². The molecule has 1 saturated heterocycles. The summed E-state index contributed by atoms with van der Waals surface area (Å²) in [4.78, 5) is 30.2. The number of carbonyl (C=O) groups excluding carboxylic acids is 2. The summed E-state index contributed by atoms with van der Waals surface area (Å²) >= 11 is 9.18. The van der Waals surface area contributed by atoms with Crippen LogP contribution in [0, 0.1) is 11.3 Å². The molecule has 1 aromatic heterocycles. The number of benzene rings is 2. The van der Waals surface area contributed by atoms with E-state index in [1.54, 1.807) is 40.1 Å². The normalized spacial score (nSPS) is 19.7. The average Bonchev–Trinajstić information content (AvgIpc) is 3.51. The number of halogens is 1. The maximum atomic E-state index is 13.9. The van der Waals surface area contributed by atoms with Crippen molar-refractivity contribution in [2.24, 2.45) is 0 Å². The smallest absolute Gasteiger partial charge is 0.268 e. The second kappa shape index (κ2) is 7.72. The predicted octanol–water partition coefficient (Wildman–Crippen LogP) is 4.86. The monoisotopic (exact) mass is 465 g/mol. The van der Waals surface area contributed by atoms with Crippen molar-refractivity contribution < 1.29 is 9.59 Å². The molecule has 3 heterocycles. The molecular weight excluding hydrogens is 450 g/mol. The maximum absolute atomic E-state index is 13.9. The van der Waals surface area contributed by atoms with E-state index in [4.69, 9.17) is 11.6 Å². The number of carbonyl (C=O) groups is 2. The first-order chi connectivity index (χ1) is 15.0. The summed E-state index contributed by atoms with van der Waals surface area (Å²) in [6, 6.07) is 18.4. The maximum Gasteiger partial charge on any atom is 0.268 e. The van der Waals surface area contributed by atoms with Gasteiger partial charge in [-0.2, -0.15) is 5.26 Å². The van der Waals surface area contributed by atoms with Crippen LogP contribution in [0.1, 0.15) is 26.4 Å². The summed E-state index contributed by atoms with van der Waals surface area (Å²) in [5.74, 6) is 0.360. The first kappa shape index (κ1) is 20.1. The van der Waals surface area contributed by atoms with E-state index in [2.05, 4.69) is 6.07 Å². The number of fused-ring (bicyclic) bond motifs is 2. The number of thiophene rings is 1. The SMILES string of the molecule is N#Cc1cccc(CN2C(=O)[C@]3(SCCN3C(=O)c3cccs3)c3cc(Cl)ccc32)c1. The van der Waals surface area contributed by atoms with Gasteiger partial charge in [-0.15, -0.1) is 23.1 Å². The average molecular weight is 466 g/mol. The minimum absolute atomic E-state index is 0.146. The van der Waals surface area contributed by atoms with E-state index < -0.39 is 4.87 Å². The lowest BCUT2D eigenvalue weighted by Crippen LogP contribution is -2.50. The Morgan fingerprint density at radius 3 is 2.84 bits per heavy atom. The number of thioether (sulfide) groups is 1. The number of nitrogens with zero attached hydrogens (tertiary/aromatic N) is 3. The van der Waals surface area contributed by atoms with Gasteiger partial charge in [0.25, 0.3) is 11.8 Å². The van der Waals surface area contributed by atoms with Crippen LogP contribution in [0.5, 0.6) is 0 Å². The molecule has 3 aromatic rings. The van der Waals surface area contributed by atoms with Crippen LogP contribution >= 0.6 is 34.7 Å². The molecule has 1 spiro atoms. The Kier molecular flexibility index (Phi) is 5.01. The van der Waals surface area contributed by atoms with E-state index in [9.17, 15) is 14.9 Å². The fourth-order valence-electron chi connectivity index (χ4n) is 4.20. The van der Waals surface area contributed by atoms with Gasteiger partial charge in [-0.25, -0.2) is 0 Å². The Balaban J connectivity index is 1.60. The van der Waals surface area contributed by atoms with E-state index >= 15 is 0 Å². The molecule has 0 saturated carbocycles. The van der Waals surface area contributed by atoms with Crippen LogP contribution in [0.2, 0.25) is 5.02 Å². The van der Waals surface area contributed by atoms with Gasteiger partial charge in [0.1, 0.15) is 0 Å². The largest absolute Gasteiger partial charge is 0.310 e. The number of rotatable bonds is 3. The lowest BCUT2D eigenvalue weighted by Gasteiger charge is -2.33. The number of nitriles is 1. The van der Waals surface area contributed by atoms with Crippen molar-refractivity contribution in [1.29, 1.82) is 5.26 Å². The van der Waals surface area contributed by atoms with Crippen LogP contribution in [0.3, 0.4) is 0 Å². The van der Waals surface area contributed by atoms with Gasteiger partial charge in [-0.1, -0.05) is 29.8 Å². The van der Waals surface area contributed by atoms with Crippen LogP contribution < -0.4 is 4.90 Å². The number of anilines is 1. The zero-order valence-corrected chi connectivity index (χ0v) is 18.6. The Hall–Kier alpha value is -2.79. The minimum Gasteiger partial charge on any atom is -0.310 e. The van der Waals surface area contributed by atoms with Gasteiger partial charge in [0.15, 0.2) is 4.87 Å². The van der Waals surface area contributed by atoms with E-state index in [1.165, 1.54) is 23.1 Å². The molecule has 154 valence electrons. The Bertz CT molecular complexity index is 1240. The van der Waals surface area contributed by atoms with Crippen molar-refractivity contribution in [2.75, 3.05) is 17.2 Å². The molecule has 2 amide bonds. The molecule has 2 aromatic carbocycles.